The van der Waals surface area contributed by atoms with Gasteiger partial charge in [-0.3, -0.25) is 4.68 Å². The highest BCUT2D eigenvalue weighted by Gasteiger charge is 2.12. The first-order valence-corrected chi connectivity index (χ1v) is 6.06. The van der Waals surface area contributed by atoms with Gasteiger partial charge in [0.05, 0.1) is 17.6 Å². The highest BCUT2D eigenvalue weighted by atomic mass is 19.1. The maximum atomic E-state index is 13.7. The lowest BCUT2D eigenvalue weighted by atomic mass is 10.2. The summed E-state index contributed by atoms with van der Waals surface area (Å²) in [5.41, 5.74) is 2.20. The van der Waals surface area contributed by atoms with E-state index >= 15 is 0 Å². The monoisotopic (exact) mass is 251 g/mol. The number of halogens is 1. The fourth-order valence-electron chi connectivity index (χ4n) is 1.87. The Balaban J connectivity index is 2.02. The van der Waals surface area contributed by atoms with Crippen molar-refractivity contribution in [2.45, 2.75) is 33.4 Å². The van der Waals surface area contributed by atoms with E-state index in [0.29, 0.717) is 17.8 Å². The SMILES string of the molecule is CCCn1cc(NCc2c(C)nn(C)c2F)cn1. The zero-order valence-electron chi connectivity index (χ0n) is 10.9. The molecule has 0 radical (unpaired) electrons. The molecule has 0 aliphatic rings. The summed E-state index contributed by atoms with van der Waals surface area (Å²) >= 11 is 0. The topological polar surface area (TPSA) is 47.7 Å². The van der Waals surface area contributed by atoms with Gasteiger partial charge in [-0.1, -0.05) is 6.92 Å². The smallest absolute Gasteiger partial charge is 0.216 e. The van der Waals surface area contributed by atoms with Crippen molar-refractivity contribution in [2.75, 3.05) is 5.32 Å². The predicted molar refractivity (Wildman–Crippen MR) is 67.7 cm³/mol. The van der Waals surface area contributed by atoms with Gasteiger partial charge in [0.25, 0.3) is 0 Å². The van der Waals surface area contributed by atoms with Crippen LogP contribution in [0.25, 0.3) is 0 Å². The van der Waals surface area contributed by atoms with E-state index in [1.807, 2.05) is 10.9 Å². The predicted octanol–water partition coefficient (Wildman–Crippen LogP) is 2.09. The van der Waals surface area contributed by atoms with E-state index in [-0.39, 0.29) is 5.95 Å². The van der Waals surface area contributed by atoms with E-state index in [0.717, 1.165) is 18.7 Å². The maximum absolute atomic E-state index is 13.7. The second-order valence-electron chi connectivity index (χ2n) is 4.32. The highest BCUT2D eigenvalue weighted by Crippen LogP contribution is 2.14. The largest absolute Gasteiger partial charge is 0.378 e. The van der Waals surface area contributed by atoms with Crippen LogP contribution >= 0.6 is 0 Å². The molecule has 0 bridgehead atoms. The van der Waals surface area contributed by atoms with Crippen molar-refractivity contribution in [3.8, 4) is 0 Å². The fourth-order valence-corrected chi connectivity index (χ4v) is 1.87. The molecule has 2 rings (SSSR count). The Labute approximate surface area is 106 Å². The van der Waals surface area contributed by atoms with Crippen LogP contribution in [0.15, 0.2) is 12.4 Å². The van der Waals surface area contributed by atoms with Crippen LogP contribution in [0.1, 0.15) is 24.6 Å². The molecule has 2 heterocycles. The first-order valence-electron chi connectivity index (χ1n) is 6.06. The molecule has 0 aliphatic heterocycles. The van der Waals surface area contributed by atoms with Crippen LogP contribution in [0, 0.1) is 12.9 Å². The maximum Gasteiger partial charge on any atom is 0.216 e. The molecule has 98 valence electrons. The lowest BCUT2D eigenvalue weighted by Crippen LogP contribution is -2.02. The van der Waals surface area contributed by atoms with Gasteiger partial charge in [0.1, 0.15) is 0 Å². The van der Waals surface area contributed by atoms with Crippen molar-refractivity contribution in [2.24, 2.45) is 7.05 Å². The van der Waals surface area contributed by atoms with Crippen molar-refractivity contribution < 1.29 is 4.39 Å². The van der Waals surface area contributed by atoms with Gasteiger partial charge in [0.15, 0.2) is 0 Å². The van der Waals surface area contributed by atoms with Gasteiger partial charge < -0.3 is 5.32 Å². The molecule has 6 heteroatoms. The van der Waals surface area contributed by atoms with Crippen LogP contribution in [-0.2, 0) is 20.1 Å². The first kappa shape index (κ1) is 12.6. The molecule has 1 N–H and O–H groups in total. The van der Waals surface area contributed by atoms with Crippen molar-refractivity contribution in [1.29, 1.82) is 0 Å². The third-order valence-corrected chi connectivity index (χ3v) is 2.83. The molecule has 0 atom stereocenters. The second-order valence-corrected chi connectivity index (χ2v) is 4.32. The average molecular weight is 251 g/mol. The Morgan fingerprint density at radius 2 is 2.22 bits per heavy atom. The number of rotatable bonds is 5. The third kappa shape index (κ3) is 2.52. The summed E-state index contributed by atoms with van der Waals surface area (Å²) in [6, 6.07) is 0. The molecule has 2 aromatic rings. The fraction of sp³-hybridized carbons (Fsp3) is 0.500. The molecule has 2 aromatic heterocycles. The van der Waals surface area contributed by atoms with Crippen molar-refractivity contribution in [3.05, 3.63) is 29.6 Å². The Bertz CT molecular complexity index is 529. The molecule has 0 fully saturated rings. The van der Waals surface area contributed by atoms with Crippen LogP contribution in [0.3, 0.4) is 0 Å². The molecule has 0 amide bonds. The molecule has 18 heavy (non-hydrogen) atoms. The van der Waals surface area contributed by atoms with Crippen molar-refractivity contribution in [1.82, 2.24) is 19.6 Å². The van der Waals surface area contributed by atoms with E-state index in [9.17, 15) is 4.39 Å². The second kappa shape index (κ2) is 5.20. The normalized spacial score (nSPS) is 10.9. The Hall–Kier alpha value is -1.85. The number of aryl methyl sites for hydroxylation is 3. The Morgan fingerprint density at radius 3 is 2.83 bits per heavy atom. The summed E-state index contributed by atoms with van der Waals surface area (Å²) in [5.74, 6) is -0.291. The van der Waals surface area contributed by atoms with Gasteiger partial charge in [0.2, 0.25) is 5.95 Å². The summed E-state index contributed by atoms with van der Waals surface area (Å²) < 4.78 is 16.8. The molecule has 0 aromatic carbocycles. The molecular weight excluding hydrogens is 233 g/mol. The molecule has 0 saturated heterocycles. The molecular formula is C12H18FN5. The summed E-state index contributed by atoms with van der Waals surface area (Å²) in [6.07, 6.45) is 4.71. The van der Waals surface area contributed by atoms with E-state index in [4.69, 9.17) is 0 Å². The van der Waals surface area contributed by atoms with E-state index in [1.165, 1.54) is 4.68 Å². The zero-order chi connectivity index (χ0) is 13.1. The number of nitrogens with one attached hydrogen (secondary N) is 1. The summed E-state index contributed by atoms with van der Waals surface area (Å²) in [6.45, 7) is 5.22. The average Bonchev–Trinajstić information content (AvgIpc) is 2.85. The van der Waals surface area contributed by atoms with Gasteiger partial charge in [0, 0.05) is 31.9 Å². The van der Waals surface area contributed by atoms with E-state index in [2.05, 4.69) is 22.4 Å². The first-order chi connectivity index (χ1) is 8.61. The molecule has 0 aliphatic carbocycles. The quantitative estimate of drug-likeness (QED) is 0.885. The zero-order valence-corrected chi connectivity index (χ0v) is 10.9. The minimum Gasteiger partial charge on any atom is -0.378 e. The summed E-state index contributed by atoms with van der Waals surface area (Å²) in [4.78, 5) is 0. The van der Waals surface area contributed by atoms with Crippen molar-refractivity contribution in [3.63, 3.8) is 0 Å². The van der Waals surface area contributed by atoms with E-state index in [1.54, 1.807) is 20.2 Å². The Morgan fingerprint density at radius 1 is 1.44 bits per heavy atom. The number of hydrogen-bond donors (Lipinski definition) is 1. The minimum absolute atomic E-state index is 0.291. The molecule has 0 saturated carbocycles. The number of nitrogens with zero attached hydrogens (tertiary/aromatic N) is 4. The molecule has 0 spiro atoms. The lowest BCUT2D eigenvalue weighted by Gasteiger charge is -2.02. The van der Waals surface area contributed by atoms with Crippen LogP contribution in [0.4, 0.5) is 10.1 Å². The number of hydrogen-bond acceptors (Lipinski definition) is 3. The number of anilines is 1. The van der Waals surface area contributed by atoms with Gasteiger partial charge in [-0.15, -0.1) is 0 Å². The van der Waals surface area contributed by atoms with Crippen LogP contribution < -0.4 is 5.32 Å². The molecule has 0 unspecified atom stereocenters. The summed E-state index contributed by atoms with van der Waals surface area (Å²) in [5, 5.41) is 11.4. The highest BCUT2D eigenvalue weighted by molar-refractivity contribution is 5.39. The van der Waals surface area contributed by atoms with Gasteiger partial charge in [-0.25, -0.2) is 4.68 Å². The minimum atomic E-state index is -0.291. The molecule has 5 nitrogen and oxygen atoms in total. The van der Waals surface area contributed by atoms with E-state index < -0.39 is 0 Å². The standard InChI is InChI=1S/C12H18FN5/c1-4-5-18-8-10(6-15-18)14-7-11-9(2)16-17(3)12(11)13/h6,8,14H,4-5,7H2,1-3H3. The van der Waals surface area contributed by atoms with Gasteiger partial charge in [-0.05, 0) is 13.3 Å². The van der Waals surface area contributed by atoms with Crippen molar-refractivity contribution >= 4 is 5.69 Å². The Kier molecular flexibility index (Phi) is 3.64. The van der Waals surface area contributed by atoms with Crippen LogP contribution in [0.2, 0.25) is 0 Å². The van der Waals surface area contributed by atoms with Crippen LogP contribution in [-0.4, -0.2) is 19.6 Å². The summed E-state index contributed by atoms with van der Waals surface area (Å²) in [7, 11) is 1.60. The number of aromatic nitrogens is 4. The lowest BCUT2D eigenvalue weighted by molar-refractivity contribution is 0.496. The van der Waals surface area contributed by atoms with Gasteiger partial charge in [-0.2, -0.15) is 14.6 Å². The van der Waals surface area contributed by atoms with Crippen LogP contribution in [0.5, 0.6) is 0 Å². The third-order valence-electron chi connectivity index (χ3n) is 2.83. The van der Waals surface area contributed by atoms with Gasteiger partial charge >= 0.3 is 0 Å².